The lowest BCUT2D eigenvalue weighted by Gasteiger charge is -2.07. The van der Waals surface area contributed by atoms with Crippen LogP contribution in [0, 0.1) is 0 Å². The largest absolute Gasteiger partial charge is 0.381 e. The zero-order valence-corrected chi connectivity index (χ0v) is 28.5. The van der Waals surface area contributed by atoms with E-state index in [0.717, 1.165) is 39.3 Å². The Labute approximate surface area is 263 Å². The lowest BCUT2D eigenvalue weighted by Crippen LogP contribution is -2.28. The zero-order chi connectivity index (χ0) is 30.3. The predicted octanol–water partition coefficient (Wildman–Crippen LogP) is 6.08. The molecule has 0 rings (SSSR count). The summed E-state index contributed by atoms with van der Waals surface area (Å²) in [5.74, 6) is 0. The lowest BCUT2D eigenvalue weighted by molar-refractivity contribution is 0.261. The van der Waals surface area contributed by atoms with Crippen LogP contribution >= 0.6 is 0 Å². The van der Waals surface area contributed by atoms with Gasteiger partial charge in [0.25, 0.3) is 0 Å². The summed E-state index contributed by atoms with van der Waals surface area (Å²) in [7, 11) is 0. The molecule has 0 aromatic carbocycles. The first-order valence-corrected chi connectivity index (χ1v) is 18.8. The number of likely N-dealkylation sites (N-methyl/N-ethyl adjacent to an activating group) is 1. The van der Waals surface area contributed by atoms with Gasteiger partial charge in [0.2, 0.25) is 0 Å². The minimum absolute atomic E-state index is 0.0783. The molecule has 7 heteroatoms. The van der Waals surface area contributed by atoms with E-state index >= 15 is 0 Å². The summed E-state index contributed by atoms with van der Waals surface area (Å²) in [5, 5.41) is 29.1. The maximum atomic E-state index is 8.65. The Morgan fingerprint density at radius 1 is 0.262 bits per heavy atom. The Morgan fingerprint density at radius 2 is 0.476 bits per heavy atom. The van der Waals surface area contributed by atoms with Crippen LogP contribution in [-0.4, -0.2) is 83.8 Å². The Hall–Kier alpha value is -0.280. The number of aliphatic hydroxyl groups is 1. The monoisotopic (exact) mass is 599 g/mol. The second-order valence-electron chi connectivity index (χ2n) is 12.3. The van der Waals surface area contributed by atoms with Crippen molar-refractivity contribution in [2.24, 2.45) is 0 Å². The van der Waals surface area contributed by atoms with Crippen molar-refractivity contribution in [1.29, 1.82) is 0 Å². The first-order valence-electron chi connectivity index (χ1n) is 18.8. The highest BCUT2D eigenvalue weighted by Crippen LogP contribution is 2.11. The predicted molar refractivity (Wildman–Crippen MR) is 187 cm³/mol. The van der Waals surface area contributed by atoms with E-state index in [-0.39, 0.29) is 6.73 Å². The molecule has 7 nitrogen and oxygen atoms in total. The molecule has 0 atom stereocenters. The topological polar surface area (TPSA) is 92.4 Å². The van der Waals surface area contributed by atoms with E-state index in [1.165, 1.54) is 174 Å². The second-order valence-corrected chi connectivity index (χ2v) is 12.3. The van der Waals surface area contributed by atoms with E-state index in [4.69, 9.17) is 5.11 Å². The highest BCUT2D eigenvalue weighted by molar-refractivity contribution is 4.56. The highest BCUT2D eigenvalue weighted by Gasteiger charge is 1.96. The van der Waals surface area contributed by atoms with Crippen LogP contribution in [0.3, 0.4) is 0 Å². The fourth-order valence-corrected chi connectivity index (χ4v) is 5.44. The Kier molecular flexibility index (Phi) is 40.4. The molecular weight excluding hydrogens is 520 g/mol. The van der Waals surface area contributed by atoms with Crippen molar-refractivity contribution in [2.45, 2.75) is 148 Å². The van der Waals surface area contributed by atoms with Gasteiger partial charge in [0.15, 0.2) is 0 Å². The van der Waals surface area contributed by atoms with Gasteiger partial charge in [-0.3, -0.25) is 5.32 Å². The van der Waals surface area contributed by atoms with E-state index in [1.54, 1.807) is 0 Å². The molecule has 0 unspecified atom stereocenters. The Morgan fingerprint density at radius 3 is 0.762 bits per heavy atom. The van der Waals surface area contributed by atoms with Gasteiger partial charge in [0, 0.05) is 26.2 Å². The van der Waals surface area contributed by atoms with E-state index < -0.39 is 0 Å². The molecule has 0 bridgehead atoms. The summed E-state index contributed by atoms with van der Waals surface area (Å²) in [6, 6.07) is 0. The van der Waals surface area contributed by atoms with Crippen molar-refractivity contribution in [2.75, 3.05) is 78.7 Å². The van der Waals surface area contributed by atoms with Crippen LogP contribution in [-0.2, 0) is 0 Å². The van der Waals surface area contributed by atoms with Crippen LogP contribution in [0.1, 0.15) is 148 Å². The van der Waals surface area contributed by atoms with Crippen molar-refractivity contribution >= 4 is 0 Å². The molecule has 42 heavy (non-hydrogen) atoms. The van der Waals surface area contributed by atoms with Crippen LogP contribution in [0.5, 0.6) is 0 Å². The molecule has 0 radical (unpaired) electrons. The second kappa shape index (κ2) is 40.7. The molecule has 0 amide bonds. The third-order valence-electron chi connectivity index (χ3n) is 8.19. The number of rotatable bonds is 39. The van der Waals surface area contributed by atoms with Crippen molar-refractivity contribution < 1.29 is 5.11 Å². The molecule has 0 aliphatic heterocycles. The molecule has 0 aliphatic carbocycles. The van der Waals surface area contributed by atoms with Crippen LogP contribution in [0.15, 0.2) is 0 Å². The summed E-state index contributed by atoms with van der Waals surface area (Å²) < 4.78 is 0. The Bertz CT molecular complexity index is 417. The molecule has 254 valence electrons. The quantitative estimate of drug-likeness (QED) is 0.0341. The highest BCUT2D eigenvalue weighted by atomic mass is 16.3. The van der Waals surface area contributed by atoms with E-state index in [0.29, 0.717) is 0 Å². The number of aliphatic hydroxyl groups excluding tert-OH is 1. The molecule has 0 aliphatic rings. The maximum absolute atomic E-state index is 8.65. The minimum atomic E-state index is 0.0783. The number of hydrogen-bond donors (Lipinski definition) is 7. The molecule has 0 saturated carbocycles. The van der Waals surface area contributed by atoms with Gasteiger partial charge in [0.1, 0.15) is 0 Å². The SMILES string of the molecule is CCNCCNCCCCCCCCCCCCNCCCCNCCCCCCCCCCCCNCCNCO. The maximum Gasteiger partial charge on any atom is 0.0931 e. The molecule has 0 aromatic rings. The lowest BCUT2D eigenvalue weighted by atomic mass is 10.1. The molecule has 0 fully saturated rings. The van der Waals surface area contributed by atoms with Gasteiger partial charge in [-0.15, -0.1) is 0 Å². The van der Waals surface area contributed by atoms with Crippen molar-refractivity contribution in [3.05, 3.63) is 0 Å². The summed E-state index contributed by atoms with van der Waals surface area (Å²) >= 11 is 0. The van der Waals surface area contributed by atoms with Crippen LogP contribution < -0.4 is 31.9 Å². The molecular formula is C35H78N6O. The van der Waals surface area contributed by atoms with Gasteiger partial charge >= 0.3 is 0 Å². The Balaban J connectivity index is 3.02. The molecule has 7 N–H and O–H groups in total. The zero-order valence-electron chi connectivity index (χ0n) is 28.5. The van der Waals surface area contributed by atoms with Gasteiger partial charge in [-0.05, 0) is 84.3 Å². The van der Waals surface area contributed by atoms with Crippen molar-refractivity contribution in [1.82, 2.24) is 31.9 Å². The van der Waals surface area contributed by atoms with Gasteiger partial charge < -0.3 is 31.7 Å². The van der Waals surface area contributed by atoms with Gasteiger partial charge in [-0.25, -0.2) is 0 Å². The van der Waals surface area contributed by atoms with Gasteiger partial charge in [0.05, 0.1) is 6.73 Å². The standard InChI is InChI=1S/C35H78N6O/c1-2-36-31-32-39-27-21-17-13-9-5-3-7-11-15-19-25-37-29-23-24-30-38-26-20-16-12-8-4-6-10-14-18-22-28-40-33-34-41-35-42/h36-42H,2-35H2,1H3. The summed E-state index contributed by atoms with van der Waals surface area (Å²) in [4.78, 5) is 0. The molecule has 0 saturated heterocycles. The number of hydrogen-bond acceptors (Lipinski definition) is 7. The first kappa shape index (κ1) is 41.7. The minimum Gasteiger partial charge on any atom is -0.381 e. The first-order chi connectivity index (χ1) is 20.9. The number of unbranched alkanes of at least 4 members (excludes halogenated alkanes) is 19. The summed E-state index contributed by atoms with van der Waals surface area (Å²) in [6.07, 6.45) is 30.5. The van der Waals surface area contributed by atoms with Gasteiger partial charge in [-0.2, -0.15) is 0 Å². The van der Waals surface area contributed by atoms with E-state index in [2.05, 4.69) is 38.8 Å². The van der Waals surface area contributed by atoms with E-state index in [9.17, 15) is 0 Å². The van der Waals surface area contributed by atoms with Crippen LogP contribution in [0.2, 0.25) is 0 Å². The smallest absolute Gasteiger partial charge is 0.0931 e. The average molecular weight is 599 g/mol. The molecule has 0 aromatic heterocycles. The van der Waals surface area contributed by atoms with Crippen molar-refractivity contribution in [3.63, 3.8) is 0 Å². The van der Waals surface area contributed by atoms with Gasteiger partial charge in [-0.1, -0.05) is 110 Å². The third kappa shape index (κ3) is 39.7. The fourth-order valence-electron chi connectivity index (χ4n) is 5.44. The third-order valence-corrected chi connectivity index (χ3v) is 8.19. The van der Waals surface area contributed by atoms with Crippen LogP contribution in [0.4, 0.5) is 0 Å². The van der Waals surface area contributed by atoms with E-state index in [1.807, 2.05) is 0 Å². The fraction of sp³-hybridized carbons (Fsp3) is 1.00. The normalized spacial score (nSPS) is 11.6. The molecule has 0 heterocycles. The summed E-state index contributed by atoms with van der Waals surface area (Å²) in [6.45, 7) is 14.4. The average Bonchev–Trinajstić information content (AvgIpc) is 3.00. The molecule has 0 spiro atoms. The van der Waals surface area contributed by atoms with Crippen molar-refractivity contribution in [3.8, 4) is 0 Å². The van der Waals surface area contributed by atoms with Crippen LogP contribution in [0.25, 0.3) is 0 Å². The summed E-state index contributed by atoms with van der Waals surface area (Å²) in [5.41, 5.74) is 0. The number of nitrogens with one attached hydrogen (secondary N) is 6.